The number of halogens is 1. The summed E-state index contributed by atoms with van der Waals surface area (Å²) in [7, 11) is 0. The quantitative estimate of drug-likeness (QED) is 0.896. The molecule has 1 unspecified atom stereocenters. The molecule has 0 radical (unpaired) electrons. The Morgan fingerprint density at radius 1 is 1.04 bits per heavy atom. The number of nitrogens with zero attached hydrogens (tertiary/aromatic N) is 1. The van der Waals surface area contributed by atoms with Crippen molar-refractivity contribution in [3.8, 4) is 0 Å². The Hall–Kier alpha value is -1.65. The maximum Gasteiger partial charge on any atom is 0.211 e. The van der Waals surface area contributed by atoms with Crippen LogP contribution in [0.1, 0.15) is 46.4 Å². The van der Waals surface area contributed by atoms with Gasteiger partial charge in [0.2, 0.25) is 11.6 Å². The number of Topliss-reactive ketones (excluding diaryl/α,β-unsaturated/α-hetero) is 2. The second-order valence-corrected chi connectivity index (χ2v) is 7.25. The van der Waals surface area contributed by atoms with Gasteiger partial charge in [-0.2, -0.15) is 0 Å². The lowest BCUT2D eigenvalue weighted by atomic mass is 9.88. The van der Waals surface area contributed by atoms with E-state index in [1.165, 1.54) is 25.7 Å². The van der Waals surface area contributed by atoms with E-state index in [-0.39, 0.29) is 22.6 Å². The molecule has 0 amide bonds. The molecule has 4 rings (SSSR count). The molecule has 24 heavy (non-hydrogen) atoms. The minimum atomic E-state index is -0.231. The summed E-state index contributed by atoms with van der Waals surface area (Å²) in [6.45, 7) is 2.37. The molecule has 1 aromatic rings. The molecule has 0 aromatic heterocycles. The van der Waals surface area contributed by atoms with Crippen molar-refractivity contribution in [1.82, 2.24) is 10.2 Å². The summed E-state index contributed by atoms with van der Waals surface area (Å²) in [4.78, 5) is 27.9. The van der Waals surface area contributed by atoms with E-state index in [0.717, 1.165) is 13.1 Å². The van der Waals surface area contributed by atoms with Gasteiger partial charge in [0.15, 0.2) is 0 Å². The van der Waals surface area contributed by atoms with E-state index in [4.69, 9.17) is 11.6 Å². The van der Waals surface area contributed by atoms with Crippen LogP contribution < -0.4 is 5.32 Å². The number of ketones is 2. The molecule has 3 aliphatic rings. The summed E-state index contributed by atoms with van der Waals surface area (Å²) >= 11 is 6.41. The van der Waals surface area contributed by atoms with Crippen molar-refractivity contribution >= 4 is 23.2 Å². The molecule has 0 spiro atoms. The first-order valence-corrected chi connectivity index (χ1v) is 9.12. The fraction of sp³-hybridized carbons (Fsp3) is 0.474. The average molecular weight is 345 g/mol. The van der Waals surface area contributed by atoms with Gasteiger partial charge in [-0.25, -0.2) is 0 Å². The van der Waals surface area contributed by atoms with Gasteiger partial charge in [-0.15, -0.1) is 0 Å². The van der Waals surface area contributed by atoms with Crippen LogP contribution in [0.15, 0.2) is 35.0 Å². The van der Waals surface area contributed by atoms with Crippen molar-refractivity contribution < 1.29 is 9.59 Å². The monoisotopic (exact) mass is 344 g/mol. The van der Waals surface area contributed by atoms with E-state index in [1.807, 2.05) is 0 Å². The first-order chi connectivity index (χ1) is 11.7. The van der Waals surface area contributed by atoms with Gasteiger partial charge >= 0.3 is 0 Å². The number of fused-ring (bicyclic) bond motifs is 1. The smallest absolute Gasteiger partial charge is 0.211 e. The van der Waals surface area contributed by atoms with Crippen molar-refractivity contribution in [2.75, 3.05) is 19.6 Å². The highest BCUT2D eigenvalue weighted by Crippen LogP contribution is 2.36. The second-order valence-electron chi connectivity index (χ2n) is 6.88. The number of piperazine rings is 1. The third-order valence-electron chi connectivity index (χ3n) is 5.55. The Bertz CT molecular complexity index is 722. The van der Waals surface area contributed by atoms with Crippen molar-refractivity contribution in [2.24, 2.45) is 5.92 Å². The van der Waals surface area contributed by atoms with Crippen molar-refractivity contribution in [2.45, 2.75) is 31.7 Å². The lowest BCUT2D eigenvalue weighted by Crippen LogP contribution is -2.55. The van der Waals surface area contributed by atoms with Crippen molar-refractivity contribution in [3.05, 3.63) is 46.1 Å². The zero-order valence-corrected chi connectivity index (χ0v) is 14.3. The van der Waals surface area contributed by atoms with Gasteiger partial charge in [-0.05, 0) is 18.8 Å². The molecule has 1 aliphatic heterocycles. The van der Waals surface area contributed by atoms with Gasteiger partial charge in [0.1, 0.15) is 10.7 Å². The molecule has 1 aromatic carbocycles. The summed E-state index contributed by atoms with van der Waals surface area (Å²) in [5.74, 6) is 0.223. The average Bonchev–Trinajstić information content (AvgIpc) is 3.15. The van der Waals surface area contributed by atoms with Crippen LogP contribution >= 0.6 is 11.6 Å². The van der Waals surface area contributed by atoms with E-state index < -0.39 is 0 Å². The minimum Gasteiger partial charge on any atom is -0.361 e. The van der Waals surface area contributed by atoms with Crippen LogP contribution in [0.25, 0.3) is 0 Å². The summed E-state index contributed by atoms with van der Waals surface area (Å²) in [6.07, 6.45) is 4.87. The van der Waals surface area contributed by atoms with Gasteiger partial charge in [-0.3, -0.25) is 9.59 Å². The molecule has 1 saturated heterocycles. The number of carbonyl (C=O) groups excluding carboxylic acids is 2. The lowest BCUT2D eigenvalue weighted by molar-refractivity contribution is 0.0879. The molecule has 126 valence electrons. The summed E-state index contributed by atoms with van der Waals surface area (Å²) in [6, 6.07) is 7.22. The third-order valence-corrected chi connectivity index (χ3v) is 5.90. The van der Waals surface area contributed by atoms with Crippen LogP contribution in [-0.4, -0.2) is 42.1 Å². The highest BCUT2D eigenvalue weighted by molar-refractivity contribution is 6.49. The minimum absolute atomic E-state index is 0.0867. The van der Waals surface area contributed by atoms with E-state index in [9.17, 15) is 9.59 Å². The molecule has 2 aliphatic carbocycles. The van der Waals surface area contributed by atoms with Crippen LogP contribution in [-0.2, 0) is 0 Å². The molecule has 4 nitrogen and oxygen atoms in total. The van der Waals surface area contributed by atoms with Crippen molar-refractivity contribution in [1.29, 1.82) is 0 Å². The highest BCUT2D eigenvalue weighted by Gasteiger charge is 2.40. The maximum atomic E-state index is 13.1. The summed E-state index contributed by atoms with van der Waals surface area (Å²) < 4.78 is 0. The van der Waals surface area contributed by atoms with Gasteiger partial charge in [0.05, 0.1) is 0 Å². The number of carbonyl (C=O) groups is 2. The molecule has 5 heteroatoms. The Kier molecular flexibility index (Phi) is 4.19. The third kappa shape index (κ3) is 2.49. The second kappa shape index (κ2) is 6.34. The first-order valence-electron chi connectivity index (χ1n) is 8.74. The molecule has 1 saturated carbocycles. The van der Waals surface area contributed by atoms with E-state index in [1.54, 1.807) is 24.3 Å². The molecular formula is C19H21ClN2O2. The predicted octanol–water partition coefficient (Wildman–Crippen LogP) is 2.98. The highest BCUT2D eigenvalue weighted by atomic mass is 35.5. The Labute approximate surface area is 146 Å². The largest absolute Gasteiger partial charge is 0.361 e. The van der Waals surface area contributed by atoms with Gasteiger partial charge in [-0.1, -0.05) is 48.7 Å². The molecule has 1 atom stereocenters. The zero-order chi connectivity index (χ0) is 16.7. The predicted molar refractivity (Wildman–Crippen MR) is 93.3 cm³/mol. The summed E-state index contributed by atoms with van der Waals surface area (Å²) in [5, 5.41) is 3.52. The molecule has 0 bridgehead atoms. The normalized spacial score (nSPS) is 25.4. The number of allylic oxidation sites excluding steroid dienone is 2. The Balaban J connectivity index is 1.74. The SMILES string of the molecule is O=C1C(Cl)=C(N2CCNCC2C2CCCC2)C(=O)c2ccccc21. The Morgan fingerprint density at radius 3 is 2.42 bits per heavy atom. The van der Waals surface area contributed by atoms with E-state index in [0.29, 0.717) is 29.3 Å². The number of rotatable bonds is 2. The van der Waals surface area contributed by atoms with E-state index in [2.05, 4.69) is 10.2 Å². The topological polar surface area (TPSA) is 49.4 Å². The number of nitrogens with one attached hydrogen (secondary N) is 1. The zero-order valence-electron chi connectivity index (χ0n) is 13.6. The molecule has 1 heterocycles. The van der Waals surface area contributed by atoms with Crippen LogP contribution in [0.4, 0.5) is 0 Å². The first kappa shape index (κ1) is 15.9. The fourth-order valence-corrected chi connectivity index (χ4v) is 4.65. The van der Waals surface area contributed by atoms with Gasteiger partial charge in [0, 0.05) is 36.8 Å². The maximum absolute atomic E-state index is 13.1. The van der Waals surface area contributed by atoms with Gasteiger partial charge in [0.25, 0.3) is 0 Å². The standard InChI is InChI=1S/C19H21ClN2O2/c20-16-17(19(24)14-8-4-3-7-13(14)18(16)23)22-10-9-21-11-15(22)12-5-1-2-6-12/h3-4,7-8,12,15,21H,1-2,5-6,9-11H2. The fourth-order valence-electron chi connectivity index (χ4n) is 4.36. The molecular weight excluding hydrogens is 324 g/mol. The molecule has 1 N–H and O–H groups in total. The lowest BCUT2D eigenvalue weighted by Gasteiger charge is -2.43. The Morgan fingerprint density at radius 2 is 1.71 bits per heavy atom. The van der Waals surface area contributed by atoms with Crippen LogP contribution in [0.2, 0.25) is 0 Å². The summed E-state index contributed by atoms with van der Waals surface area (Å²) in [5.41, 5.74) is 1.31. The number of benzene rings is 1. The van der Waals surface area contributed by atoms with E-state index >= 15 is 0 Å². The van der Waals surface area contributed by atoms with Crippen molar-refractivity contribution in [3.63, 3.8) is 0 Å². The van der Waals surface area contributed by atoms with Gasteiger partial charge < -0.3 is 10.2 Å². The van der Waals surface area contributed by atoms with Crippen LogP contribution in [0, 0.1) is 5.92 Å². The van der Waals surface area contributed by atoms with Crippen LogP contribution in [0.5, 0.6) is 0 Å². The molecule has 2 fully saturated rings. The number of hydrogen-bond donors (Lipinski definition) is 1. The number of hydrogen-bond acceptors (Lipinski definition) is 4. The van der Waals surface area contributed by atoms with Crippen LogP contribution in [0.3, 0.4) is 0 Å².